The second-order valence-electron chi connectivity index (χ2n) is 6.43. The topological polar surface area (TPSA) is 102 Å². The minimum Gasteiger partial charge on any atom is -0.381 e. The highest BCUT2D eigenvalue weighted by Crippen LogP contribution is 2.27. The van der Waals surface area contributed by atoms with Crippen molar-refractivity contribution in [1.29, 1.82) is 5.26 Å². The lowest BCUT2D eigenvalue weighted by molar-refractivity contribution is 0.0672. The van der Waals surface area contributed by atoms with E-state index in [2.05, 4.69) is 20.4 Å². The molecule has 8 heteroatoms. The number of ether oxygens (including phenoxy) is 1. The molecule has 26 heavy (non-hydrogen) atoms. The predicted molar refractivity (Wildman–Crippen MR) is 96.1 cm³/mol. The van der Waals surface area contributed by atoms with Crippen LogP contribution in [0.5, 0.6) is 0 Å². The fourth-order valence-corrected chi connectivity index (χ4v) is 3.18. The first-order chi connectivity index (χ1) is 12.7. The molecule has 0 spiro atoms. The van der Waals surface area contributed by atoms with Gasteiger partial charge >= 0.3 is 0 Å². The van der Waals surface area contributed by atoms with Crippen LogP contribution < -0.4 is 5.32 Å². The summed E-state index contributed by atoms with van der Waals surface area (Å²) >= 11 is 0. The fraction of sp³-hybridized carbons (Fsp3) is 0.389. The van der Waals surface area contributed by atoms with E-state index >= 15 is 0 Å². The predicted octanol–water partition coefficient (Wildman–Crippen LogP) is 2.80. The molecule has 4 heterocycles. The van der Waals surface area contributed by atoms with Crippen LogP contribution in [0.3, 0.4) is 0 Å². The van der Waals surface area contributed by atoms with E-state index < -0.39 is 0 Å². The van der Waals surface area contributed by atoms with Gasteiger partial charge < -0.3 is 10.1 Å². The SMILES string of the molecule is Cc1cc(C#N)ncc1Nc1ncc2c(C)nn(C3CCOCC3)c2n1. The zero-order valence-corrected chi connectivity index (χ0v) is 14.7. The van der Waals surface area contributed by atoms with Gasteiger partial charge in [0.2, 0.25) is 5.95 Å². The van der Waals surface area contributed by atoms with Crippen molar-refractivity contribution in [3.05, 3.63) is 35.4 Å². The maximum atomic E-state index is 8.94. The molecule has 132 valence electrons. The van der Waals surface area contributed by atoms with E-state index in [4.69, 9.17) is 15.0 Å². The summed E-state index contributed by atoms with van der Waals surface area (Å²) in [6.07, 6.45) is 5.29. The van der Waals surface area contributed by atoms with Gasteiger partial charge in [0, 0.05) is 19.4 Å². The number of hydrogen-bond donors (Lipinski definition) is 1. The summed E-state index contributed by atoms with van der Waals surface area (Å²) in [6.45, 7) is 5.39. The lowest BCUT2D eigenvalue weighted by Gasteiger charge is -2.22. The minimum atomic E-state index is 0.293. The van der Waals surface area contributed by atoms with Crippen LogP contribution in [-0.4, -0.2) is 37.9 Å². The molecule has 1 saturated heterocycles. The Morgan fingerprint density at radius 2 is 2.04 bits per heavy atom. The molecule has 1 fully saturated rings. The van der Waals surface area contributed by atoms with Gasteiger partial charge in [-0.15, -0.1) is 0 Å². The summed E-state index contributed by atoms with van der Waals surface area (Å²) in [5.74, 6) is 0.486. The number of aryl methyl sites for hydroxylation is 2. The van der Waals surface area contributed by atoms with Gasteiger partial charge in [-0.1, -0.05) is 0 Å². The summed E-state index contributed by atoms with van der Waals surface area (Å²) in [5, 5.41) is 17.8. The Morgan fingerprint density at radius 1 is 1.23 bits per heavy atom. The highest BCUT2D eigenvalue weighted by Gasteiger charge is 2.21. The normalized spacial score (nSPS) is 15.1. The van der Waals surface area contributed by atoms with Gasteiger partial charge in [-0.3, -0.25) is 0 Å². The van der Waals surface area contributed by atoms with Crippen molar-refractivity contribution >= 4 is 22.7 Å². The van der Waals surface area contributed by atoms with Crippen LogP contribution in [0.4, 0.5) is 11.6 Å². The molecule has 1 aliphatic rings. The zero-order valence-electron chi connectivity index (χ0n) is 14.7. The molecule has 8 nitrogen and oxygen atoms in total. The lowest BCUT2D eigenvalue weighted by Crippen LogP contribution is -2.20. The first-order valence-corrected chi connectivity index (χ1v) is 8.59. The van der Waals surface area contributed by atoms with E-state index in [0.29, 0.717) is 17.7 Å². The fourth-order valence-electron chi connectivity index (χ4n) is 3.18. The van der Waals surface area contributed by atoms with Crippen LogP contribution in [-0.2, 0) is 4.74 Å². The number of rotatable bonds is 3. The Hall–Kier alpha value is -3.05. The zero-order chi connectivity index (χ0) is 18.1. The molecule has 0 saturated carbocycles. The highest BCUT2D eigenvalue weighted by atomic mass is 16.5. The van der Waals surface area contributed by atoms with Gasteiger partial charge in [0.15, 0.2) is 5.65 Å². The molecule has 0 unspecified atom stereocenters. The molecule has 3 aromatic heterocycles. The van der Waals surface area contributed by atoms with Crippen LogP contribution in [0.1, 0.15) is 35.8 Å². The number of nitrogens with one attached hydrogen (secondary N) is 1. The third-order valence-corrected chi connectivity index (χ3v) is 4.64. The Kier molecular flexibility index (Phi) is 4.22. The lowest BCUT2D eigenvalue weighted by atomic mass is 10.1. The smallest absolute Gasteiger partial charge is 0.229 e. The molecule has 4 rings (SSSR count). The first-order valence-electron chi connectivity index (χ1n) is 8.59. The summed E-state index contributed by atoms with van der Waals surface area (Å²) in [5.41, 5.74) is 3.82. The largest absolute Gasteiger partial charge is 0.381 e. The molecule has 1 N–H and O–H groups in total. The van der Waals surface area contributed by atoms with Crippen LogP contribution >= 0.6 is 0 Å². The van der Waals surface area contributed by atoms with Crippen molar-refractivity contribution in [2.24, 2.45) is 0 Å². The summed E-state index contributed by atoms with van der Waals surface area (Å²) < 4.78 is 7.46. The molecule has 1 aliphatic heterocycles. The van der Waals surface area contributed by atoms with Crippen LogP contribution in [0.25, 0.3) is 11.0 Å². The van der Waals surface area contributed by atoms with Crippen LogP contribution in [0, 0.1) is 25.2 Å². The van der Waals surface area contributed by atoms with E-state index in [1.54, 1.807) is 18.5 Å². The third kappa shape index (κ3) is 2.97. The molecular weight excluding hydrogens is 330 g/mol. The second-order valence-corrected chi connectivity index (χ2v) is 6.43. The molecule has 3 aromatic rings. The molecule has 0 aliphatic carbocycles. The van der Waals surface area contributed by atoms with Gasteiger partial charge in [0.1, 0.15) is 11.8 Å². The molecule has 0 aromatic carbocycles. The Labute approximate surface area is 150 Å². The average molecular weight is 349 g/mol. The van der Waals surface area contributed by atoms with Gasteiger partial charge in [-0.2, -0.15) is 15.3 Å². The quantitative estimate of drug-likeness (QED) is 0.775. The highest BCUT2D eigenvalue weighted by molar-refractivity contribution is 5.79. The van der Waals surface area contributed by atoms with Crippen molar-refractivity contribution in [2.45, 2.75) is 32.7 Å². The average Bonchev–Trinajstić information content (AvgIpc) is 3.00. The Morgan fingerprint density at radius 3 is 2.77 bits per heavy atom. The maximum Gasteiger partial charge on any atom is 0.229 e. The molecular formula is C18H19N7O. The first kappa shape index (κ1) is 16.4. The van der Waals surface area contributed by atoms with Gasteiger partial charge in [-0.25, -0.2) is 14.6 Å². The third-order valence-electron chi connectivity index (χ3n) is 4.64. The second kappa shape index (κ2) is 6.69. The van der Waals surface area contributed by atoms with Crippen molar-refractivity contribution in [1.82, 2.24) is 24.7 Å². The van der Waals surface area contributed by atoms with Gasteiger partial charge in [-0.05, 0) is 38.3 Å². The summed E-state index contributed by atoms with van der Waals surface area (Å²) in [7, 11) is 0. The monoisotopic (exact) mass is 349 g/mol. The minimum absolute atomic E-state index is 0.293. The van der Waals surface area contributed by atoms with E-state index in [0.717, 1.165) is 54.0 Å². The van der Waals surface area contributed by atoms with E-state index in [-0.39, 0.29) is 0 Å². The van der Waals surface area contributed by atoms with Crippen molar-refractivity contribution < 1.29 is 4.74 Å². The number of pyridine rings is 1. The van der Waals surface area contributed by atoms with Crippen LogP contribution in [0.2, 0.25) is 0 Å². The molecule has 0 amide bonds. The number of hydrogen-bond acceptors (Lipinski definition) is 7. The molecule has 0 bridgehead atoms. The van der Waals surface area contributed by atoms with Crippen molar-refractivity contribution in [3.63, 3.8) is 0 Å². The number of fused-ring (bicyclic) bond motifs is 1. The summed E-state index contributed by atoms with van der Waals surface area (Å²) in [6, 6.07) is 4.06. The standard InChI is InChI=1S/C18H19N7O/c1-11-7-13(8-19)20-10-16(11)22-18-21-9-15-12(2)24-25(17(15)23-18)14-3-5-26-6-4-14/h7,9-10,14H,3-6H2,1-2H3,(H,21,22,23). The van der Waals surface area contributed by atoms with Gasteiger partial charge in [0.05, 0.1) is 29.0 Å². The van der Waals surface area contributed by atoms with Crippen molar-refractivity contribution in [2.75, 3.05) is 18.5 Å². The van der Waals surface area contributed by atoms with Gasteiger partial charge in [0.25, 0.3) is 0 Å². The Balaban J connectivity index is 1.69. The number of nitriles is 1. The van der Waals surface area contributed by atoms with E-state index in [1.807, 2.05) is 24.6 Å². The van der Waals surface area contributed by atoms with Crippen molar-refractivity contribution in [3.8, 4) is 6.07 Å². The van der Waals surface area contributed by atoms with E-state index in [9.17, 15) is 0 Å². The molecule has 0 radical (unpaired) electrons. The van der Waals surface area contributed by atoms with Crippen LogP contribution in [0.15, 0.2) is 18.5 Å². The van der Waals surface area contributed by atoms with E-state index in [1.165, 1.54) is 0 Å². The summed E-state index contributed by atoms with van der Waals surface area (Å²) in [4.78, 5) is 13.2. The molecule has 0 atom stereocenters. The maximum absolute atomic E-state index is 8.94. The number of aromatic nitrogens is 5. The number of nitrogens with zero attached hydrogens (tertiary/aromatic N) is 6. The Bertz CT molecular complexity index is 999. The number of anilines is 2.